The third-order valence-electron chi connectivity index (χ3n) is 3.01. The number of carbonyl (C=O) groups excluding carboxylic acids is 1. The molecule has 132 valence electrons. The van der Waals surface area contributed by atoms with E-state index >= 15 is 0 Å². The maximum atomic E-state index is 12.3. The Labute approximate surface area is 149 Å². The molecule has 1 aromatic carbocycles. The van der Waals surface area contributed by atoms with Crippen molar-refractivity contribution < 1.29 is 13.2 Å². The highest BCUT2D eigenvalue weighted by atomic mass is 35.5. The van der Waals surface area contributed by atoms with Crippen LogP contribution in [0.3, 0.4) is 0 Å². The third kappa shape index (κ3) is 7.12. The van der Waals surface area contributed by atoms with Crippen LogP contribution < -0.4 is 11.1 Å². The van der Waals surface area contributed by atoms with Crippen LogP contribution in [0.5, 0.6) is 0 Å². The van der Waals surface area contributed by atoms with Gasteiger partial charge in [-0.2, -0.15) is 0 Å². The van der Waals surface area contributed by atoms with Crippen LogP contribution in [-0.2, 0) is 14.6 Å². The van der Waals surface area contributed by atoms with Crippen LogP contribution in [0.2, 0.25) is 0 Å². The molecule has 5 nitrogen and oxygen atoms in total. The summed E-state index contributed by atoms with van der Waals surface area (Å²) in [6.07, 6.45) is 1.29. The van der Waals surface area contributed by atoms with E-state index in [0.29, 0.717) is 29.3 Å². The molecule has 0 aromatic heterocycles. The van der Waals surface area contributed by atoms with Gasteiger partial charge in [0.25, 0.3) is 0 Å². The van der Waals surface area contributed by atoms with E-state index in [-0.39, 0.29) is 29.3 Å². The van der Waals surface area contributed by atoms with Gasteiger partial charge in [-0.1, -0.05) is 19.1 Å². The van der Waals surface area contributed by atoms with E-state index in [9.17, 15) is 13.2 Å². The first-order valence-corrected chi connectivity index (χ1v) is 9.91. The minimum absolute atomic E-state index is 0. The largest absolute Gasteiger partial charge is 0.355 e. The topological polar surface area (TPSA) is 89.3 Å². The number of hydrogen-bond donors (Lipinski definition) is 2. The lowest BCUT2D eigenvalue weighted by Gasteiger charge is -2.14. The monoisotopic (exact) mass is 380 g/mol. The van der Waals surface area contributed by atoms with Gasteiger partial charge in [-0.25, -0.2) is 8.42 Å². The molecule has 3 N–H and O–H groups in total. The molecule has 8 heteroatoms. The fourth-order valence-corrected chi connectivity index (χ4v) is 4.74. The van der Waals surface area contributed by atoms with E-state index < -0.39 is 9.84 Å². The Morgan fingerprint density at radius 3 is 2.61 bits per heavy atom. The standard InChI is InChI=1S/C15H24N2O3S2.ClH/c1-3-11-22(19,20)14-8-5-4-7-13(14)21-12(2)15(18)17-10-6-9-16;/h4-5,7-8,12H,3,6,9-11,16H2,1-2H3,(H,17,18);1H. The Morgan fingerprint density at radius 2 is 2.00 bits per heavy atom. The first-order valence-electron chi connectivity index (χ1n) is 7.38. The fourth-order valence-electron chi connectivity index (χ4n) is 1.88. The normalized spacial score (nSPS) is 12.3. The number of amides is 1. The maximum Gasteiger partial charge on any atom is 0.233 e. The summed E-state index contributed by atoms with van der Waals surface area (Å²) in [5, 5.41) is 2.43. The molecule has 0 aliphatic carbocycles. The Bertz CT molecular complexity index is 594. The Hall–Kier alpha value is -0.760. The Balaban J connectivity index is 0.00000484. The fraction of sp³-hybridized carbons (Fsp3) is 0.533. The Morgan fingerprint density at radius 1 is 1.35 bits per heavy atom. The van der Waals surface area contributed by atoms with E-state index in [4.69, 9.17) is 5.73 Å². The predicted octanol–water partition coefficient (Wildman–Crippen LogP) is 2.24. The van der Waals surface area contributed by atoms with Gasteiger partial charge in [0.15, 0.2) is 9.84 Å². The van der Waals surface area contributed by atoms with Gasteiger partial charge in [0.2, 0.25) is 5.91 Å². The summed E-state index contributed by atoms with van der Waals surface area (Å²) in [5.74, 6) is 0.00270. The molecule has 0 saturated heterocycles. The van der Waals surface area contributed by atoms with Crippen molar-refractivity contribution >= 4 is 39.9 Å². The number of nitrogens with one attached hydrogen (secondary N) is 1. The maximum absolute atomic E-state index is 12.3. The number of carbonyl (C=O) groups is 1. The second kappa shape index (κ2) is 10.9. The molecule has 0 bridgehead atoms. The van der Waals surface area contributed by atoms with Crippen LogP contribution in [0.15, 0.2) is 34.1 Å². The number of thioether (sulfide) groups is 1. The van der Waals surface area contributed by atoms with Gasteiger partial charge in [-0.05, 0) is 38.4 Å². The van der Waals surface area contributed by atoms with Gasteiger partial charge < -0.3 is 11.1 Å². The lowest BCUT2D eigenvalue weighted by molar-refractivity contribution is -0.120. The minimum Gasteiger partial charge on any atom is -0.355 e. The van der Waals surface area contributed by atoms with E-state index in [1.54, 1.807) is 31.2 Å². The van der Waals surface area contributed by atoms with Crippen molar-refractivity contribution in [3.05, 3.63) is 24.3 Å². The average molecular weight is 381 g/mol. The molecule has 0 fully saturated rings. The quantitative estimate of drug-likeness (QED) is 0.506. The first-order chi connectivity index (χ1) is 10.4. The zero-order valence-corrected chi connectivity index (χ0v) is 15.9. The van der Waals surface area contributed by atoms with Gasteiger partial charge in [0.1, 0.15) is 0 Å². The van der Waals surface area contributed by atoms with Crippen LogP contribution in [0, 0.1) is 0 Å². The predicted molar refractivity (Wildman–Crippen MR) is 98.0 cm³/mol. The van der Waals surface area contributed by atoms with E-state index in [1.165, 1.54) is 11.8 Å². The van der Waals surface area contributed by atoms with Crippen molar-refractivity contribution in [1.82, 2.24) is 5.32 Å². The average Bonchev–Trinajstić information content (AvgIpc) is 2.47. The van der Waals surface area contributed by atoms with Gasteiger partial charge in [0.05, 0.1) is 15.9 Å². The highest BCUT2D eigenvalue weighted by Gasteiger charge is 2.21. The summed E-state index contributed by atoms with van der Waals surface area (Å²) >= 11 is 1.27. The second-order valence-electron chi connectivity index (χ2n) is 4.96. The van der Waals surface area contributed by atoms with Gasteiger partial charge >= 0.3 is 0 Å². The summed E-state index contributed by atoms with van der Waals surface area (Å²) < 4.78 is 24.6. The number of sulfone groups is 1. The molecule has 1 atom stereocenters. The van der Waals surface area contributed by atoms with E-state index in [1.807, 2.05) is 6.92 Å². The SMILES string of the molecule is CCCS(=O)(=O)c1ccccc1SC(C)C(=O)NCCCN.Cl. The number of benzene rings is 1. The zero-order chi connectivity index (χ0) is 16.6. The molecule has 23 heavy (non-hydrogen) atoms. The highest BCUT2D eigenvalue weighted by Crippen LogP contribution is 2.30. The molecule has 0 spiro atoms. The summed E-state index contributed by atoms with van der Waals surface area (Å²) in [7, 11) is -3.30. The summed E-state index contributed by atoms with van der Waals surface area (Å²) in [5.41, 5.74) is 5.39. The van der Waals surface area contributed by atoms with Crippen LogP contribution in [0.1, 0.15) is 26.7 Å². The van der Waals surface area contributed by atoms with E-state index in [0.717, 1.165) is 6.42 Å². The van der Waals surface area contributed by atoms with Crippen LogP contribution >= 0.6 is 24.2 Å². The zero-order valence-electron chi connectivity index (χ0n) is 13.4. The number of hydrogen-bond acceptors (Lipinski definition) is 5. The molecular weight excluding hydrogens is 356 g/mol. The lowest BCUT2D eigenvalue weighted by Crippen LogP contribution is -2.32. The van der Waals surface area contributed by atoms with Crippen molar-refractivity contribution in [1.29, 1.82) is 0 Å². The molecule has 0 heterocycles. The van der Waals surface area contributed by atoms with Gasteiger partial charge in [-0.3, -0.25) is 4.79 Å². The second-order valence-corrected chi connectivity index (χ2v) is 8.42. The van der Waals surface area contributed by atoms with Crippen molar-refractivity contribution in [2.45, 2.75) is 41.7 Å². The molecule has 0 aliphatic heterocycles. The first kappa shape index (κ1) is 22.2. The Kier molecular flexibility index (Phi) is 10.6. The van der Waals surface area contributed by atoms with Crippen LogP contribution in [0.4, 0.5) is 0 Å². The van der Waals surface area contributed by atoms with Crippen LogP contribution in [0.25, 0.3) is 0 Å². The van der Waals surface area contributed by atoms with Crippen molar-refractivity contribution in [2.75, 3.05) is 18.8 Å². The lowest BCUT2D eigenvalue weighted by atomic mass is 10.4. The van der Waals surface area contributed by atoms with Crippen LogP contribution in [-0.4, -0.2) is 38.4 Å². The van der Waals surface area contributed by atoms with Crippen molar-refractivity contribution in [3.8, 4) is 0 Å². The third-order valence-corrected chi connectivity index (χ3v) is 6.29. The summed E-state index contributed by atoms with van der Waals surface area (Å²) in [6.45, 7) is 4.67. The highest BCUT2D eigenvalue weighted by molar-refractivity contribution is 8.01. The molecule has 0 saturated carbocycles. The summed E-state index contributed by atoms with van der Waals surface area (Å²) in [4.78, 5) is 12.9. The number of halogens is 1. The molecule has 0 aliphatic rings. The molecule has 0 radical (unpaired) electrons. The molecule has 1 unspecified atom stereocenters. The number of rotatable bonds is 9. The minimum atomic E-state index is -3.30. The van der Waals surface area contributed by atoms with E-state index in [2.05, 4.69) is 5.32 Å². The van der Waals surface area contributed by atoms with Gasteiger partial charge in [-0.15, -0.1) is 24.2 Å². The van der Waals surface area contributed by atoms with Gasteiger partial charge in [0, 0.05) is 11.4 Å². The molecule has 1 rings (SSSR count). The smallest absolute Gasteiger partial charge is 0.233 e. The molecule has 1 aromatic rings. The number of nitrogens with two attached hydrogens (primary N) is 1. The summed E-state index contributed by atoms with van der Waals surface area (Å²) in [6, 6.07) is 6.84. The van der Waals surface area contributed by atoms with Crippen molar-refractivity contribution in [3.63, 3.8) is 0 Å². The molecular formula is C15H25ClN2O3S2. The van der Waals surface area contributed by atoms with Crippen molar-refractivity contribution in [2.24, 2.45) is 5.73 Å². The molecule has 1 amide bonds.